The summed E-state index contributed by atoms with van der Waals surface area (Å²) >= 11 is 8.00. The summed E-state index contributed by atoms with van der Waals surface area (Å²) in [5.74, 6) is 1.54. The second-order valence-corrected chi connectivity index (χ2v) is 7.65. The van der Waals surface area contributed by atoms with Crippen LogP contribution in [0.25, 0.3) is 10.2 Å². The van der Waals surface area contributed by atoms with Crippen molar-refractivity contribution < 1.29 is 4.74 Å². The maximum absolute atomic E-state index is 6.32. The van der Waals surface area contributed by atoms with E-state index in [0.29, 0.717) is 23.7 Å². The van der Waals surface area contributed by atoms with E-state index in [-0.39, 0.29) is 0 Å². The van der Waals surface area contributed by atoms with Crippen LogP contribution in [0.3, 0.4) is 0 Å². The van der Waals surface area contributed by atoms with E-state index in [2.05, 4.69) is 30.7 Å². The molecule has 1 aliphatic rings. The first-order chi connectivity index (χ1) is 10.0. The zero-order valence-electron chi connectivity index (χ0n) is 12.8. The number of aryl methyl sites for hydroxylation is 2. The molecule has 114 valence electrons. The SMILES string of the molecule is Cc1sc2nc(COC3CCC(C)CC3)nc(Cl)c2c1C. The fourth-order valence-corrected chi connectivity index (χ4v) is 4.33. The summed E-state index contributed by atoms with van der Waals surface area (Å²) in [5.41, 5.74) is 1.19. The van der Waals surface area contributed by atoms with Crippen molar-refractivity contribution in [2.24, 2.45) is 5.92 Å². The van der Waals surface area contributed by atoms with Gasteiger partial charge in [0, 0.05) is 4.88 Å². The fraction of sp³-hybridized carbons (Fsp3) is 0.625. The van der Waals surface area contributed by atoms with Crippen molar-refractivity contribution in [1.82, 2.24) is 9.97 Å². The molecule has 1 saturated carbocycles. The van der Waals surface area contributed by atoms with Gasteiger partial charge in [-0.1, -0.05) is 18.5 Å². The van der Waals surface area contributed by atoms with Crippen molar-refractivity contribution in [2.45, 2.75) is 59.2 Å². The molecule has 0 unspecified atom stereocenters. The molecule has 0 saturated heterocycles. The van der Waals surface area contributed by atoms with Gasteiger partial charge < -0.3 is 4.74 Å². The minimum Gasteiger partial charge on any atom is -0.370 e. The van der Waals surface area contributed by atoms with Crippen LogP contribution >= 0.6 is 22.9 Å². The molecule has 0 amide bonds. The maximum atomic E-state index is 6.32. The highest BCUT2D eigenvalue weighted by molar-refractivity contribution is 7.18. The Kier molecular flexibility index (Phi) is 4.48. The Morgan fingerprint density at radius 3 is 2.62 bits per heavy atom. The van der Waals surface area contributed by atoms with Gasteiger partial charge in [-0.2, -0.15) is 0 Å². The van der Waals surface area contributed by atoms with Crippen LogP contribution in [0.15, 0.2) is 0 Å². The Balaban J connectivity index is 1.73. The summed E-state index contributed by atoms with van der Waals surface area (Å²) in [6.45, 7) is 6.94. The van der Waals surface area contributed by atoms with Gasteiger partial charge in [0.15, 0.2) is 5.82 Å². The second-order valence-electron chi connectivity index (χ2n) is 6.09. The number of hydrogen-bond donors (Lipinski definition) is 0. The number of thiophene rings is 1. The van der Waals surface area contributed by atoms with E-state index in [9.17, 15) is 0 Å². The third kappa shape index (κ3) is 3.22. The molecule has 3 nitrogen and oxygen atoms in total. The largest absolute Gasteiger partial charge is 0.370 e. The first-order valence-electron chi connectivity index (χ1n) is 7.58. The van der Waals surface area contributed by atoms with E-state index in [4.69, 9.17) is 16.3 Å². The first kappa shape index (κ1) is 15.2. The zero-order valence-corrected chi connectivity index (χ0v) is 14.4. The average Bonchev–Trinajstić information content (AvgIpc) is 2.74. The molecule has 0 N–H and O–H groups in total. The number of nitrogens with zero attached hydrogens (tertiary/aromatic N) is 2. The van der Waals surface area contributed by atoms with Gasteiger partial charge >= 0.3 is 0 Å². The molecular weight excluding hydrogens is 304 g/mol. The van der Waals surface area contributed by atoms with Crippen LogP contribution in [0.4, 0.5) is 0 Å². The van der Waals surface area contributed by atoms with Crippen molar-refractivity contribution >= 4 is 33.2 Å². The average molecular weight is 325 g/mol. The van der Waals surface area contributed by atoms with Crippen LogP contribution in [-0.2, 0) is 11.3 Å². The van der Waals surface area contributed by atoms with Gasteiger partial charge in [-0.25, -0.2) is 9.97 Å². The quantitative estimate of drug-likeness (QED) is 0.740. The topological polar surface area (TPSA) is 35.0 Å². The number of rotatable bonds is 3. The maximum Gasteiger partial charge on any atom is 0.157 e. The lowest BCUT2D eigenvalue weighted by atomic mass is 9.89. The first-order valence-corrected chi connectivity index (χ1v) is 8.77. The summed E-state index contributed by atoms with van der Waals surface area (Å²) in [5, 5.41) is 1.55. The van der Waals surface area contributed by atoms with Crippen LogP contribution < -0.4 is 0 Å². The lowest BCUT2D eigenvalue weighted by molar-refractivity contribution is 0.00579. The summed E-state index contributed by atoms with van der Waals surface area (Å²) < 4.78 is 5.98. The van der Waals surface area contributed by atoms with Crippen LogP contribution in [-0.4, -0.2) is 16.1 Å². The lowest BCUT2D eigenvalue weighted by Crippen LogP contribution is -2.20. The van der Waals surface area contributed by atoms with Gasteiger partial charge in [-0.05, 0) is 51.0 Å². The molecule has 2 aromatic heterocycles. The van der Waals surface area contributed by atoms with Crippen molar-refractivity contribution in [3.8, 4) is 0 Å². The Labute approximate surface area is 134 Å². The molecule has 0 aliphatic heterocycles. The van der Waals surface area contributed by atoms with Crippen LogP contribution in [0.2, 0.25) is 5.15 Å². The predicted octanol–water partition coefficient (Wildman–Crippen LogP) is 5.06. The van der Waals surface area contributed by atoms with E-state index >= 15 is 0 Å². The molecule has 0 radical (unpaired) electrons. The molecule has 0 atom stereocenters. The van der Waals surface area contributed by atoms with E-state index in [0.717, 1.165) is 29.0 Å². The third-order valence-electron chi connectivity index (χ3n) is 4.44. The molecule has 0 spiro atoms. The molecule has 5 heteroatoms. The minimum absolute atomic E-state index is 0.353. The minimum atomic E-state index is 0.353. The van der Waals surface area contributed by atoms with Crippen molar-refractivity contribution in [1.29, 1.82) is 0 Å². The van der Waals surface area contributed by atoms with Crippen LogP contribution in [0.5, 0.6) is 0 Å². The van der Waals surface area contributed by atoms with Crippen molar-refractivity contribution in [2.75, 3.05) is 0 Å². The highest BCUT2D eigenvalue weighted by atomic mass is 35.5. The summed E-state index contributed by atoms with van der Waals surface area (Å²) in [4.78, 5) is 11.2. The molecule has 1 fully saturated rings. The number of hydrogen-bond acceptors (Lipinski definition) is 4. The standard InChI is InChI=1S/C16H21ClN2OS/c1-9-4-6-12(7-5-9)20-8-13-18-15(17)14-10(2)11(3)21-16(14)19-13/h9,12H,4-8H2,1-3H3. The second kappa shape index (κ2) is 6.19. The number of fused-ring (bicyclic) bond motifs is 1. The molecule has 2 aromatic rings. The smallest absolute Gasteiger partial charge is 0.157 e. The molecule has 1 aliphatic carbocycles. The van der Waals surface area contributed by atoms with Crippen molar-refractivity contribution in [3.05, 3.63) is 21.4 Å². The van der Waals surface area contributed by atoms with E-state index in [1.807, 2.05) is 0 Å². The molecule has 2 heterocycles. The molecule has 0 bridgehead atoms. The Hall–Kier alpha value is -0.710. The summed E-state index contributed by atoms with van der Waals surface area (Å²) in [6.07, 6.45) is 5.16. The monoisotopic (exact) mass is 324 g/mol. The van der Waals surface area contributed by atoms with Gasteiger partial charge in [0.05, 0.1) is 11.5 Å². The van der Waals surface area contributed by atoms with Crippen molar-refractivity contribution in [3.63, 3.8) is 0 Å². The van der Waals surface area contributed by atoms with E-state index < -0.39 is 0 Å². The normalized spacial score (nSPS) is 22.9. The Morgan fingerprint density at radius 2 is 1.90 bits per heavy atom. The van der Waals surface area contributed by atoms with E-state index in [1.54, 1.807) is 11.3 Å². The Morgan fingerprint density at radius 1 is 1.19 bits per heavy atom. The lowest BCUT2D eigenvalue weighted by Gasteiger charge is -2.25. The summed E-state index contributed by atoms with van der Waals surface area (Å²) in [6, 6.07) is 0. The third-order valence-corrected chi connectivity index (χ3v) is 5.82. The fourth-order valence-electron chi connectivity index (χ4n) is 2.90. The van der Waals surface area contributed by atoms with Gasteiger partial charge in [0.1, 0.15) is 16.6 Å². The highest BCUT2D eigenvalue weighted by Gasteiger charge is 2.19. The van der Waals surface area contributed by atoms with Gasteiger partial charge in [0.25, 0.3) is 0 Å². The molecule has 21 heavy (non-hydrogen) atoms. The van der Waals surface area contributed by atoms with E-state index in [1.165, 1.54) is 23.3 Å². The predicted molar refractivity (Wildman–Crippen MR) is 88.1 cm³/mol. The van der Waals surface area contributed by atoms with Gasteiger partial charge in [-0.3, -0.25) is 0 Å². The molecular formula is C16H21ClN2OS. The van der Waals surface area contributed by atoms with Gasteiger partial charge in [-0.15, -0.1) is 11.3 Å². The molecule has 0 aromatic carbocycles. The van der Waals surface area contributed by atoms with Crippen LogP contribution in [0.1, 0.15) is 48.9 Å². The number of aromatic nitrogens is 2. The number of halogens is 1. The number of ether oxygens (including phenoxy) is 1. The summed E-state index contributed by atoms with van der Waals surface area (Å²) in [7, 11) is 0. The molecule has 3 rings (SSSR count). The van der Waals surface area contributed by atoms with Crippen LogP contribution in [0, 0.1) is 19.8 Å². The zero-order chi connectivity index (χ0) is 15.0. The van der Waals surface area contributed by atoms with Gasteiger partial charge in [0.2, 0.25) is 0 Å². The Bertz CT molecular complexity index is 647. The highest BCUT2D eigenvalue weighted by Crippen LogP contribution is 2.33.